The van der Waals surface area contributed by atoms with Crippen LogP contribution in [0.5, 0.6) is 0 Å². The number of fused-ring (bicyclic) bond motifs is 7. The summed E-state index contributed by atoms with van der Waals surface area (Å²) in [5, 5.41) is 8.35. The van der Waals surface area contributed by atoms with Crippen molar-refractivity contribution in [1.29, 1.82) is 0 Å². The highest BCUT2D eigenvalue weighted by Gasteiger charge is 2.52. The van der Waals surface area contributed by atoms with Gasteiger partial charge in [-0.05, 0) is 148 Å². The number of rotatable bonds is 6. The lowest BCUT2D eigenvalue weighted by molar-refractivity contribution is 0.0590. The fourth-order valence-corrected chi connectivity index (χ4v) is 15.1. The van der Waals surface area contributed by atoms with E-state index in [1.165, 1.54) is 98.7 Å². The molecule has 0 amide bonds. The minimum atomic E-state index is 0.101. The predicted octanol–water partition coefficient (Wildman–Crippen LogP) is 11.8. The summed E-state index contributed by atoms with van der Waals surface area (Å²) in [5.74, 6) is 2.93. The molecule has 0 radical (unpaired) electrons. The van der Waals surface area contributed by atoms with Gasteiger partial charge in [0.25, 0.3) is 0 Å². The summed E-state index contributed by atoms with van der Waals surface area (Å²) in [6, 6.07) is 14.3. The summed E-state index contributed by atoms with van der Waals surface area (Å²) >= 11 is 0. The van der Waals surface area contributed by atoms with Crippen LogP contribution in [0.25, 0.3) is 0 Å². The Bertz CT molecular complexity index is 2380. The minimum absolute atomic E-state index is 0.101. The molecule has 5 nitrogen and oxygen atoms in total. The largest absolute Gasteiger partial charge is 0.364 e. The van der Waals surface area contributed by atoms with E-state index in [1.807, 2.05) is 0 Å². The van der Waals surface area contributed by atoms with Crippen LogP contribution in [0.3, 0.4) is 0 Å². The summed E-state index contributed by atoms with van der Waals surface area (Å²) in [5.41, 5.74) is 13.9. The summed E-state index contributed by atoms with van der Waals surface area (Å²) in [6.45, 7) is 0. The highest BCUT2D eigenvalue weighted by molar-refractivity contribution is 5.59. The predicted molar refractivity (Wildman–Crippen MR) is 258 cm³/mol. The van der Waals surface area contributed by atoms with Gasteiger partial charge >= 0.3 is 0 Å². The third-order valence-corrected chi connectivity index (χ3v) is 17.8. The molecule has 0 aromatic heterocycles. The maximum absolute atomic E-state index is 4.21. The first kappa shape index (κ1) is 38.7. The van der Waals surface area contributed by atoms with Gasteiger partial charge in [-0.3, -0.25) is 5.32 Å². The van der Waals surface area contributed by atoms with Gasteiger partial charge in [0, 0.05) is 64.7 Å². The molecule has 13 rings (SSSR count). The molecule has 5 heteroatoms. The molecule has 1 aromatic rings. The second-order valence-electron chi connectivity index (χ2n) is 21.0. The Kier molecular flexibility index (Phi) is 9.86. The van der Waals surface area contributed by atoms with Crippen molar-refractivity contribution in [2.75, 3.05) is 4.90 Å². The number of hydrogen-bond donors (Lipinski definition) is 2. The molecular weight excluding hydrogens is 767 g/mol. The molecule has 8 aliphatic carbocycles. The van der Waals surface area contributed by atoms with Crippen LogP contribution in [-0.2, 0) is 0 Å². The van der Waals surface area contributed by atoms with E-state index in [4.69, 9.17) is 0 Å². The van der Waals surface area contributed by atoms with Gasteiger partial charge in [-0.1, -0.05) is 122 Å². The van der Waals surface area contributed by atoms with E-state index in [9.17, 15) is 0 Å². The Balaban J connectivity index is 0.777. The van der Waals surface area contributed by atoms with E-state index in [0.29, 0.717) is 59.9 Å². The number of nitrogens with zero attached hydrogens (tertiary/aromatic N) is 3. The van der Waals surface area contributed by atoms with E-state index >= 15 is 0 Å². The van der Waals surface area contributed by atoms with Crippen molar-refractivity contribution in [1.82, 2.24) is 20.4 Å². The van der Waals surface area contributed by atoms with E-state index in [2.05, 4.69) is 153 Å². The van der Waals surface area contributed by atoms with Crippen LogP contribution >= 0.6 is 0 Å². The van der Waals surface area contributed by atoms with Gasteiger partial charge in [0.2, 0.25) is 0 Å². The van der Waals surface area contributed by atoms with Crippen molar-refractivity contribution in [3.05, 3.63) is 173 Å². The van der Waals surface area contributed by atoms with Crippen LogP contribution < -0.4 is 15.5 Å². The molecule has 12 unspecified atom stereocenters. The molecular formula is C58H67N5. The van der Waals surface area contributed by atoms with Crippen LogP contribution in [0.4, 0.5) is 5.69 Å². The Hall–Kier alpha value is -4.74. The van der Waals surface area contributed by atoms with Gasteiger partial charge in [-0.25, -0.2) is 0 Å². The molecule has 1 saturated heterocycles. The molecule has 0 spiro atoms. The van der Waals surface area contributed by atoms with Gasteiger partial charge in [-0.2, -0.15) is 0 Å². The average molecular weight is 834 g/mol. The lowest BCUT2D eigenvalue weighted by atomic mass is 9.75. The third kappa shape index (κ3) is 6.56. The van der Waals surface area contributed by atoms with Crippen LogP contribution in [0.2, 0.25) is 0 Å². The molecule has 12 atom stereocenters. The molecule has 1 aromatic carbocycles. The summed E-state index contributed by atoms with van der Waals surface area (Å²) in [7, 11) is 0. The Labute approximate surface area is 376 Å². The van der Waals surface area contributed by atoms with Crippen molar-refractivity contribution < 1.29 is 0 Å². The average Bonchev–Trinajstić information content (AvgIpc) is 3.99. The number of para-hydroxylation sites is 1. The molecule has 4 aliphatic heterocycles. The zero-order valence-electron chi connectivity index (χ0n) is 37.2. The van der Waals surface area contributed by atoms with Crippen molar-refractivity contribution in [2.24, 2.45) is 29.6 Å². The van der Waals surface area contributed by atoms with E-state index < -0.39 is 0 Å². The third-order valence-electron chi connectivity index (χ3n) is 17.8. The maximum atomic E-state index is 4.21. The highest BCUT2D eigenvalue weighted by atomic mass is 15.4. The molecule has 2 saturated carbocycles. The summed E-state index contributed by atoms with van der Waals surface area (Å²) < 4.78 is 0. The number of nitrogens with one attached hydrogen (secondary N) is 2. The maximum Gasteiger partial charge on any atom is 0.156 e. The Morgan fingerprint density at radius 2 is 1.52 bits per heavy atom. The molecule has 4 heterocycles. The number of allylic oxidation sites excluding steroid dienone is 15. The fourth-order valence-electron chi connectivity index (χ4n) is 15.1. The second-order valence-corrected chi connectivity index (χ2v) is 21.0. The normalized spacial score (nSPS) is 38.6. The van der Waals surface area contributed by atoms with Crippen molar-refractivity contribution in [3.8, 4) is 0 Å². The second kappa shape index (κ2) is 16.1. The monoisotopic (exact) mass is 834 g/mol. The molecule has 3 fully saturated rings. The van der Waals surface area contributed by atoms with E-state index in [0.717, 1.165) is 38.0 Å². The Morgan fingerprint density at radius 1 is 0.635 bits per heavy atom. The lowest BCUT2D eigenvalue weighted by Gasteiger charge is -2.48. The quantitative estimate of drug-likeness (QED) is 0.298. The van der Waals surface area contributed by atoms with Crippen LogP contribution in [0, 0.1) is 29.6 Å². The summed E-state index contributed by atoms with van der Waals surface area (Å²) in [4.78, 5) is 8.74. The van der Waals surface area contributed by atoms with Crippen LogP contribution in [0.15, 0.2) is 173 Å². The van der Waals surface area contributed by atoms with Gasteiger partial charge < -0.3 is 20.0 Å². The molecule has 12 aliphatic rings. The fraction of sp³-hybridized carbons (Fsp3) is 0.483. The standard InChI is InChI=1S/C58H67N5/c1-4-16-38(17-5-1)50-37-51(39-18-6-2-7-19-39)60-58(59-50)63-54-27-15-12-24-46(54)49-36-43(30-33-56(49)63)62-53-26-14-11-23-45(53)48-34-40(29-32-55(48)62)41-28-31-47-44-22-10-13-25-52(44)61(57(47)35-41)42-20-8-3-9-21-42/h1-6,8-9,12,16,18,20-21,24,28-29,31-32,34-35,37-38,43-44,47-50,52,55-60H,7,10-11,13-15,17,19,22-23,25-27,30,33,36H2. The van der Waals surface area contributed by atoms with E-state index in [1.54, 1.807) is 22.5 Å². The van der Waals surface area contributed by atoms with Crippen LogP contribution in [-0.4, -0.2) is 52.3 Å². The molecule has 0 bridgehead atoms. The summed E-state index contributed by atoms with van der Waals surface area (Å²) in [6.07, 6.45) is 59.7. The Morgan fingerprint density at radius 3 is 2.43 bits per heavy atom. The zero-order chi connectivity index (χ0) is 41.4. The van der Waals surface area contributed by atoms with Gasteiger partial charge in [0.1, 0.15) is 0 Å². The van der Waals surface area contributed by atoms with Gasteiger partial charge in [0.15, 0.2) is 6.29 Å². The SMILES string of the molecule is C1=CCCC(C2=CC(C3C=CC=CC3)NC(N3C4=C(C=CCC4)C4CC(N5C6=C(CCCC6)C6C=C(C7=CC8C(C=C7)C7CCCCC7N8c7ccccc7)C=CC65)CCC43)N2)=C1. The number of anilines is 1. The van der Waals surface area contributed by atoms with Crippen molar-refractivity contribution >= 4 is 5.69 Å². The highest BCUT2D eigenvalue weighted by Crippen LogP contribution is 2.54. The van der Waals surface area contributed by atoms with E-state index in [-0.39, 0.29) is 6.29 Å². The zero-order valence-corrected chi connectivity index (χ0v) is 37.2. The molecule has 2 N–H and O–H groups in total. The van der Waals surface area contributed by atoms with Crippen molar-refractivity contribution in [3.63, 3.8) is 0 Å². The first-order valence-electron chi connectivity index (χ1n) is 25.5. The first-order chi connectivity index (χ1) is 31.2. The topological polar surface area (TPSA) is 33.8 Å². The van der Waals surface area contributed by atoms with Crippen LogP contribution in [0.1, 0.15) is 103 Å². The smallest absolute Gasteiger partial charge is 0.156 e. The lowest BCUT2D eigenvalue weighted by Crippen LogP contribution is -2.63. The van der Waals surface area contributed by atoms with Gasteiger partial charge in [0.05, 0.1) is 12.1 Å². The molecule has 63 heavy (non-hydrogen) atoms. The van der Waals surface area contributed by atoms with Gasteiger partial charge in [-0.15, -0.1) is 0 Å². The molecule has 324 valence electrons. The minimum Gasteiger partial charge on any atom is -0.364 e. The van der Waals surface area contributed by atoms with Crippen molar-refractivity contribution in [2.45, 2.75) is 145 Å². The number of hydrogen-bond acceptors (Lipinski definition) is 5. The first-order valence-corrected chi connectivity index (χ1v) is 25.5. The number of benzene rings is 1.